The molecule has 10 heavy (non-hydrogen) atoms. The molecule has 4 nitrogen and oxygen atoms in total. The summed E-state index contributed by atoms with van der Waals surface area (Å²) < 4.78 is 14.1. The first-order chi connectivity index (χ1) is 4.81. The summed E-state index contributed by atoms with van der Waals surface area (Å²) in [5, 5.41) is 0. The molecule has 0 N–H and O–H groups in total. The molecule has 0 aromatic heterocycles. The first kappa shape index (κ1) is 9.39. The van der Waals surface area contributed by atoms with Crippen LogP contribution >= 0.6 is 0 Å². The topological polar surface area (TPSA) is 44.8 Å². The lowest BCUT2D eigenvalue weighted by molar-refractivity contribution is -0.140. The summed E-state index contributed by atoms with van der Waals surface area (Å²) in [5.41, 5.74) is 0. The number of hydrogen-bond acceptors (Lipinski definition) is 4. The lowest BCUT2D eigenvalue weighted by Crippen LogP contribution is -2.14. The second kappa shape index (κ2) is 6.51. The molecule has 0 saturated heterocycles. The van der Waals surface area contributed by atoms with Crippen molar-refractivity contribution in [3.8, 4) is 0 Å². The van der Waals surface area contributed by atoms with E-state index in [9.17, 15) is 4.79 Å². The minimum absolute atomic E-state index is 0.241. The van der Waals surface area contributed by atoms with Gasteiger partial charge in [0.1, 0.15) is 6.61 Å². The largest absolute Gasteiger partial charge is 0.465 e. The van der Waals surface area contributed by atoms with Crippen LogP contribution < -0.4 is 0 Å². The van der Waals surface area contributed by atoms with E-state index < -0.39 is 0 Å². The Bertz CT molecular complexity index is 83.8. The van der Waals surface area contributed by atoms with E-state index in [4.69, 9.17) is 9.47 Å². The van der Waals surface area contributed by atoms with Gasteiger partial charge >= 0.3 is 0 Å². The van der Waals surface area contributed by atoms with Crippen LogP contribution in [0.3, 0.4) is 0 Å². The molecule has 1 atom stereocenters. The van der Waals surface area contributed by atoms with E-state index in [-0.39, 0.29) is 12.9 Å². The van der Waals surface area contributed by atoms with Crippen molar-refractivity contribution in [1.29, 1.82) is 0 Å². The fraction of sp³-hybridized carbons (Fsp3) is 0.833. The molecule has 0 fully saturated rings. The summed E-state index contributed by atoms with van der Waals surface area (Å²) in [5.74, 6) is 0. The Hall–Kier alpha value is -0.610. The Morgan fingerprint density at radius 1 is 1.50 bits per heavy atom. The first-order valence-corrected chi connectivity index (χ1v) is 3.01. The number of hydrogen-bond donors (Lipinski definition) is 0. The highest BCUT2D eigenvalue weighted by Crippen LogP contribution is 1.88. The van der Waals surface area contributed by atoms with E-state index in [1.807, 2.05) is 0 Å². The molecule has 0 aromatic rings. The van der Waals surface area contributed by atoms with Crippen LogP contribution in [0.25, 0.3) is 0 Å². The molecule has 0 aliphatic rings. The van der Waals surface area contributed by atoms with E-state index in [0.29, 0.717) is 13.1 Å². The van der Waals surface area contributed by atoms with Gasteiger partial charge in [-0.2, -0.15) is 0 Å². The fourth-order valence-corrected chi connectivity index (χ4v) is 0.378. The maximum Gasteiger partial charge on any atom is 0.293 e. The molecular weight excluding hydrogens is 136 g/mol. The Morgan fingerprint density at radius 3 is 2.70 bits per heavy atom. The second-order valence-electron chi connectivity index (χ2n) is 1.64. The summed E-state index contributed by atoms with van der Waals surface area (Å²) in [7, 11) is 1.55. The summed E-state index contributed by atoms with van der Waals surface area (Å²) in [6, 6.07) is 0. The molecule has 1 unspecified atom stereocenters. The SMILES string of the molecule is COC(C)OCCOC=O. The zero-order valence-corrected chi connectivity index (χ0v) is 6.20. The predicted octanol–water partition coefficient (Wildman–Crippen LogP) is 0.168. The Kier molecular flexibility index (Phi) is 6.11. The van der Waals surface area contributed by atoms with Gasteiger partial charge in [0.15, 0.2) is 6.29 Å². The summed E-state index contributed by atoms with van der Waals surface area (Å²) in [6.07, 6.45) is -0.241. The average molecular weight is 148 g/mol. The summed E-state index contributed by atoms with van der Waals surface area (Å²) in [6.45, 7) is 2.80. The molecule has 0 bridgehead atoms. The molecule has 0 radical (unpaired) electrons. The number of carbonyl (C=O) groups excluding carboxylic acids is 1. The van der Waals surface area contributed by atoms with Crippen molar-refractivity contribution < 1.29 is 19.0 Å². The van der Waals surface area contributed by atoms with Gasteiger partial charge in [0.25, 0.3) is 6.47 Å². The van der Waals surface area contributed by atoms with Crippen LogP contribution in [0.4, 0.5) is 0 Å². The van der Waals surface area contributed by atoms with Crippen LogP contribution in [-0.2, 0) is 19.0 Å². The molecule has 0 aromatic carbocycles. The maximum absolute atomic E-state index is 9.61. The van der Waals surface area contributed by atoms with E-state index in [2.05, 4.69) is 4.74 Å². The van der Waals surface area contributed by atoms with Gasteiger partial charge in [-0.05, 0) is 6.92 Å². The van der Waals surface area contributed by atoms with Crippen LogP contribution in [-0.4, -0.2) is 33.1 Å². The van der Waals surface area contributed by atoms with Crippen LogP contribution in [0.15, 0.2) is 0 Å². The van der Waals surface area contributed by atoms with Crippen molar-refractivity contribution in [2.24, 2.45) is 0 Å². The Labute approximate surface area is 60.1 Å². The van der Waals surface area contributed by atoms with Crippen molar-refractivity contribution in [3.05, 3.63) is 0 Å². The minimum atomic E-state index is -0.241. The molecular formula is C6H12O4. The van der Waals surface area contributed by atoms with Crippen molar-refractivity contribution in [2.45, 2.75) is 13.2 Å². The van der Waals surface area contributed by atoms with Crippen LogP contribution in [0.5, 0.6) is 0 Å². The quantitative estimate of drug-likeness (QED) is 0.306. The van der Waals surface area contributed by atoms with Gasteiger partial charge in [0.2, 0.25) is 0 Å². The van der Waals surface area contributed by atoms with Gasteiger partial charge in [-0.3, -0.25) is 4.79 Å². The lowest BCUT2D eigenvalue weighted by Gasteiger charge is -2.09. The zero-order valence-electron chi connectivity index (χ0n) is 6.20. The summed E-state index contributed by atoms with van der Waals surface area (Å²) >= 11 is 0. The van der Waals surface area contributed by atoms with Gasteiger partial charge < -0.3 is 14.2 Å². The van der Waals surface area contributed by atoms with Crippen LogP contribution in [0.1, 0.15) is 6.92 Å². The van der Waals surface area contributed by atoms with Gasteiger partial charge in [-0.1, -0.05) is 0 Å². The number of ether oxygens (including phenoxy) is 3. The molecule has 4 heteroatoms. The highest BCUT2D eigenvalue weighted by molar-refractivity contribution is 5.36. The number of methoxy groups -OCH3 is 1. The molecule has 0 heterocycles. The number of rotatable bonds is 6. The molecule has 0 rings (SSSR count). The standard InChI is InChI=1S/C6H12O4/c1-6(8-2)10-4-3-9-5-7/h5-6H,3-4H2,1-2H3. The smallest absolute Gasteiger partial charge is 0.293 e. The van der Waals surface area contributed by atoms with Gasteiger partial charge in [0.05, 0.1) is 6.61 Å². The molecule has 0 spiro atoms. The molecule has 0 aliphatic carbocycles. The van der Waals surface area contributed by atoms with E-state index >= 15 is 0 Å². The van der Waals surface area contributed by atoms with E-state index in [1.165, 1.54) is 0 Å². The van der Waals surface area contributed by atoms with Crippen molar-refractivity contribution in [2.75, 3.05) is 20.3 Å². The zero-order chi connectivity index (χ0) is 7.82. The van der Waals surface area contributed by atoms with E-state index in [0.717, 1.165) is 0 Å². The maximum atomic E-state index is 9.61. The van der Waals surface area contributed by atoms with Gasteiger partial charge in [-0.25, -0.2) is 0 Å². The number of carbonyl (C=O) groups is 1. The van der Waals surface area contributed by atoms with Crippen molar-refractivity contribution >= 4 is 6.47 Å². The average Bonchev–Trinajstić information content (AvgIpc) is 1.98. The molecule has 0 saturated carbocycles. The monoisotopic (exact) mass is 148 g/mol. The molecule has 60 valence electrons. The third-order valence-corrected chi connectivity index (χ3v) is 0.954. The Balaban J connectivity index is 2.95. The van der Waals surface area contributed by atoms with Gasteiger partial charge in [-0.15, -0.1) is 0 Å². The van der Waals surface area contributed by atoms with Crippen molar-refractivity contribution in [1.82, 2.24) is 0 Å². The van der Waals surface area contributed by atoms with Gasteiger partial charge in [0, 0.05) is 7.11 Å². The third kappa shape index (κ3) is 5.53. The van der Waals surface area contributed by atoms with Crippen molar-refractivity contribution in [3.63, 3.8) is 0 Å². The highest BCUT2D eigenvalue weighted by atomic mass is 16.7. The molecule has 0 aliphatic heterocycles. The van der Waals surface area contributed by atoms with Crippen LogP contribution in [0.2, 0.25) is 0 Å². The minimum Gasteiger partial charge on any atom is -0.465 e. The summed E-state index contributed by atoms with van der Waals surface area (Å²) in [4.78, 5) is 9.61. The fourth-order valence-electron chi connectivity index (χ4n) is 0.378. The normalized spacial score (nSPS) is 12.6. The Morgan fingerprint density at radius 2 is 2.20 bits per heavy atom. The van der Waals surface area contributed by atoms with Crippen LogP contribution in [0, 0.1) is 0 Å². The predicted molar refractivity (Wildman–Crippen MR) is 34.4 cm³/mol. The molecule has 0 amide bonds. The second-order valence-corrected chi connectivity index (χ2v) is 1.64. The third-order valence-electron chi connectivity index (χ3n) is 0.954. The lowest BCUT2D eigenvalue weighted by atomic mass is 10.7. The van der Waals surface area contributed by atoms with E-state index in [1.54, 1.807) is 14.0 Å². The first-order valence-electron chi connectivity index (χ1n) is 3.01. The highest BCUT2D eigenvalue weighted by Gasteiger charge is 1.96.